The van der Waals surface area contributed by atoms with Gasteiger partial charge in [0.1, 0.15) is 0 Å². The lowest BCUT2D eigenvalue weighted by Gasteiger charge is -2.25. The molecule has 1 aliphatic heterocycles. The van der Waals surface area contributed by atoms with Crippen molar-refractivity contribution in [1.82, 2.24) is 15.3 Å². The molecular weight excluding hydrogens is 338 g/mol. The molecule has 0 amide bonds. The van der Waals surface area contributed by atoms with Crippen molar-refractivity contribution in [3.8, 4) is 11.3 Å². The second-order valence-corrected chi connectivity index (χ2v) is 6.74. The number of benzene rings is 1. The molecule has 1 aliphatic rings. The average molecular weight is 359 g/mol. The summed E-state index contributed by atoms with van der Waals surface area (Å²) in [5.74, 6) is -0.497. The quantitative estimate of drug-likeness (QED) is 0.686. The highest BCUT2D eigenvalue weighted by molar-refractivity contribution is 5.92. The fraction of sp³-hybridized carbons (Fsp3) is 0.182. The Kier molecular flexibility index (Phi) is 4.28. The zero-order valence-electron chi connectivity index (χ0n) is 15.5. The van der Waals surface area contributed by atoms with Crippen LogP contribution in [-0.2, 0) is 9.53 Å². The molecule has 0 bridgehead atoms. The van der Waals surface area contributed by atoms with Crippen LogP contribution in [0.4, 0.5) is 0 Å². The normalized spacial score (nSPS) is 16.9. The SMILES string of the molecule is COC(=O)C1=C(C)NC(C)=CC1c1ccc(-c2ccc3[nH]ccc3c2)nc1. The number of dihydropyridines is 1. The lowest BCUT2D eigenvalue weighted by atomic mass is 9.87. The highest BCUT2D eigenvalue weighted by Crippen LogP contribution is 2.33. The molecule has 4 rings (SSSR count). The van der Waals surface area contributed by atoms with Crippen LogP contribution in [-0.4, -0.2) is 23.0 Å². The first kappa shape index (κ1) is 17.1. The van der Waals surface area contributed by atoms with Crippen LogP contribution in [0.2, 0.25) is 0 Å². The summed E-state index contributed by atoms with van der Waals surface area (Å²) in [6, 6.07) is 12.3. The number of nitrogens with one attached hydrogen (secondary N) is 2. The fourth-order valence-electron chi connectivity index (χ4n) is 3.60. The number of hydrogen-bond donors (Lipinski definition) is 2. The first-order valence-electron chi connectivity index (χ1n) is 8.85. The van der Waals surface area contributed by atoms with E-state index in [-0.39, 0.29) is 11.9 Å². The zero-order valence-corrected chi connectivity index (χ0v) is 15.5. The van der Waals surface area contributed by atoms with Crippen LogP contribution in [0.1, 0.15) is 25.3 Å². The number of aromatic nitrogens is 2. The lowest BCUT2D eigenvalue weighted by molar-refractivity contribution is -0.136. The standard InChI is InChI=1S/C22H21N3O2/c1-13-10-18(21(14(2)25-13)22(26)27-3)17-5-7-20(24-12-17)15-4-6-19-16(11-15)8-9-23-19/h4-12,18,23,25H,1-3H3. The Bertz CT molecular complexity index is 1070. The molecule has 0 aliphatic carbocycles. The first-order chi connectivity index (χ1) is 13.1. The van der Waals surface area contributed by atoms with Gasteiger partial charge < -0.3 is 15.0 Å². The molecular formula is C22H21N3O2. The summed E-state index contributed by atoms with van der Waals surface area (Å²) in [6.07, 6.45) is 5.80. The minimum atomic E-state index is -0.323. The predicted molar refractivity (Wildman–Crippen MR) is 106 cm³/mol. The van der Waals surface area contributed by atoms with E-state index < -0.39 is 0 Å². The lowest BCUT2D eigenvalue weighted by Crippen LogP contribution is -2.25. The summed E-state index contributed by atoms with van der Waals surface area (Å²) >= 11 is 0. The molecule has 1 unspecified atom stereocenters. The Morgan fingerprint density at radius 1 is 1.15 bits per heavy atom. The second-order valence-electron chi connectivity index (χ2n) is 6.74. The van der Waals surface area contributed by atoms with E-state index in [1.807, 2.05) is 50.5 Å². The molecule has 0 saturated heterocycles. The van der Waals surface area contributed by atoms with Gasteiger partial charge in [-0.2, -0.15) is 0 Å². The summed E-state index contributed by atoms with van der Waals surface area (Å²) in [4.78, 5) is 20.1. The molecule has 2 aromatic heterocycles. The van der Waals surface area contributed by atoms with Crippen LogP contribution in [0.15, 0.2) is 71.8 Å². The summed E-state index contributed by atoms with van der Waals surface area (Å²) in [5, 5.41) is 4.37. The van der Waals surface area contributed by atoms with Crippen LogP contribution >= 0.6 is 0 Å². The van der Waals surface area contributed by atoms with E-state index in [1.165, 1.54) is 7.11 Å². The number of methoxy groups -OCH3 is 1. The molecule has 1 aromatic carbocycles. The van der Waals surface area contributed by atoms with E-state index in [2.05, 4.69) is 33.5 Å². The minimum absolute atomic E-state index is 0.174. The van der Waals surface area contributed by atoms with Crippen molar-refractivity contribution in [2.75, 3.05) is 7.11 Å². The summed E-state index contributed by atoms with van der Waals surface area (Å²) in [6.45, 7) is 3.88. The number of carbonyl (C=O) groups is 1. The number of fused-ring (bicyclic) bond motifs is 1. The number of ether oxygens (including phenoxy) is 1. The number of nitrogens with zero attached hydrogens (tertiary/aromatic N) is 1. The fourth-order valence-corrected chi connectivity index (χ4v) is 3.60. The third-order valence-corrected chi connectivity index (χ3v) is 4.92. The van der Waals surface area contributed by atoms with Gasteiger partial charge in [0.05, 0.1) is 18.4 Å². The number of aromatic amines is 1. The van der Waals surface area contributed by atoms with E-state index in [1.54, 1.807) is 0 Å². The third-order valence-electron chi connectivity index (χ3n) is 4.92. The number of pyridine rings is 1. The number of allylic oxidation sites excluding steroid dienone is 3. The average Bonchev–Trinajstić information content (AvgIpc) is 3.15. The highest BCUT2D eigenvalue weighted by Gasteiger charge is 2.27. The van der Waals surface area contributed by atoms with E-state index >= 15 is 0 Å². The van der Waals surface area contributed by atoms with Crippen molar-refractivity contribution in [1.29, 1.82) is 0 Å². The Hall–Kier alpha value is -3.34. The van der Waals surface area contributed by atoms with Gasteiger partial charge in [-0.25, -0.2) is 4.79 Å². The van der Waals surface area contributed by atoms with Crippen LogP contribution in [0.3, 0.4) is 0 Å². The van der Waals surface area contributed by atoms with E-state index in [4.69, 9.17) is 4.74 Å². The van der Waals surface area contributed by atoms with Gasteiger partial charge in [-0.15, -0.1) is 0 Å². The van der Waals surface area contributed by atoms with Gasteiger partial charge in [-0.05, 0) is 43.7 Å². The minimum Gasteiger partial charge on any atom is -0.466 e. The van der Waals surface area contributed by atoms with Crippen molar-refractivity contribution >= 4 is 16.9 Å². The maximum atomic E-state index is 12.3. The topological polar surface area (TPSA) is 67.0 Å². The van der Waals surface area contributed by atoms with Crippen molar-refractivity contribution < 1.29 is 9.53 Å². The van der Waals surface area contributed by atoms with E-state index in [0.717, 1.165) is 39.1 Å². The zero-order chi connectivity index (χ0) is 19.0. The van der Waals surface area contributed by atoms with Crippen LogP contribution in [0.25, 0.3) is 22.2 Å². The number of rotatable bonds is 3. The number of carbonyl (C=O) groups excluding carboxylic acids is 1. The van der Waals surface area contributed by atoms with Gasteiger partial charge >= 0.3 is 5.97 Å². The van der Waals surface area contributed by atoms with Crippen molar-refractivity contribution in [3.63, 3.8) is 0 Å². The predicted octanol–water partition coefficient (Wildman–Crippen LogP) is 4.27. The summed E-state index contributed by atoms with van der Waals surface area (Å²) < 4.78 is 4.98. The number of esters is 1. The van der Waals surface area contributed by atoms with Gasteiger partial charge in [-0.1, -0.05) is 18.2 Å². The molecule has 5 nitrogen and oxygen atoms in total. The van der Waals surface area contributed by atoms with Crippen LogP contribution < -0.4 is 5.32 Å². The maximum Gasteiger partial charge on any atom is 0.336 e. The van der Waals surface area contributed by atoms with Gasteiger partial charge in [0.2, 0.25) is 0 Å². The summed E-state index contributed by atoms with van der Waals surface area (Å²) in [5.41, 5.74) is 6.46. The van der Waals surface area contributed by atoms with Crippen LogP contribution in [0, 0.1) is 0 Å². The monoisotopic (exact) mass is 359 g/mol. The largest absolute Gasteiger partial charge is 0.466 e. The van der Waals surface area contributed by atoms with E-state index in [0.29, 0.717) is 5.57 Å². The van der Waals surface area contributed by atoms with Crippen molar-refractivity contribution in [2.24, 2.45) is 0 Å². The van der Waals surface area contributed by atoms with Crippen molar-refractivity contribution in [3.05, 3.63) is 77.4 Å². The molecule has 0 saturated carbocycles. The molecule has 3 heterocycles. The van der Waals surface area contributed by atoms with Gasteiger partial charge in [0.15, 0.2) is 0 Å². The molecule has 1 atom stereocenters. The maximum absolute atomic E-state index is 12.3. The third kappa shape index (κ3) is 3.12. The Morgan fingerprint density at radius 3 is 2.74 bits per heavy atom. The van der Waals surface area contributed by atoms with Gasteiger partial charge in [0, 0.05) is 46.2 Å². The number of H-pyrrole nitrogens is 1. The molecule has 0 radical (unpaired) electrons. The van der Waals surface area contributed by atoms with Crippen molar-refractivity contribution in [2.45, 2.75) is 19.8 Å². The molecule has 5 heteroatoms. The first-order valence-corrected chi connectivity index (χ1v) is 8.85. The summed E-state index contributed by atoms with van der Waals surface area (Å²) in [7, 11) is 1.41. The molecule has 0 fully saturated rings. The number of hydrogen-bond acceptors (Lipinski definition) is 4. The Labute approximate surface area is 157 Å². The molecule has 2 N–H and O–H groups in total. The molecule has 3 aromatic rings. The Morgan fingerprint density at radius 2 is 2.00 bits per heavy atom. The molecule has 0 spiro atoms. The van der Waals surface area contributed by atoms with E-state index in [9.17, 15) is 4.79 Å². The van der Waals surface area contributed by atoms with Gasteiger partial charge in [0.25, 0.3) is 0 Å². The molecule has 27 heavy (non-hydrogen) atoms. The molecule has 136 valence electrons. The van der Waals surface area contributed by atoms with Gasteiger partial charge in [-0.3, -0.25) is 4.98 Å². The Balaban J connectivity index is 1.70. The smallest absolute Gasteiger partial charge is 0.336 e. The second kappa shape index (κ2) is 6.76. The van der Waals surface area contributed by atoms with Crippen LogP contribution in [0.5, 0.6) is 0 Å². The highest BCUT2D eigenvalue weighted by atomic mass is 16.5.